The number of hydrogen-bond donors (Lipinski definition) is 2. The lowest BCUT2D eigenvalue weighted by Gasteiger charge is -2.27. The van der Waals surface area contributed by atoms with Crippen LogP contribution in [-0.2, 0) is 19.0 Å². The number of hydrogen-bond acceptors (Lipinski definition) is 3. The van der Waals surface area contributed by atoms with Crippen molar-refractivity contribution >= 4 is 41.5 Å². The molecule has 1 heterocycles. The Bertz CT molecular complexity index is 731. The first-order valence-corrected chi connectivity index (χ1v) is 7.94. The monoisotopic (exact) mass is 480 g/mol. The van der Waals surface area contributed by atoms with Gasteiger partial charge in [-0.3, -0.25) is 4.99 Å². The van der Waals surface area contributed by atoms with E-state index in [0.29, 0.717) is 24.1 Å². The molecule has 25 heavy (non-hydrogen) atoms. The summed E-state index contributed by atoms with van der Waals surface area (Å²) in [7, 11) is 3.58. The number of nitrogens with zero attached hydrogens (tertiary/aromatic N) is 4. The zero-order chi connectivity index (χ0) is 17.7. The fourth-order valence-corrected chi connectivity index (χ4v) is 2.71. The second-order valence-electron chi connectivity index (χ2n) is 6.15. The third-order valence-corrected chi connectivity index (χ3v) is 4.11. The molecule has 2 N–H and O–H groups in total. The van der Waals surface area contributed by atoms with Gasteiger partial charge in [0.1, 0.15) is 12.1 Å². The molecule has 0 saturated heterocycles. The summed E-state index contributed by atoms with van der Waals surface area (Å²) in [5.74, 6) is 1.11. The molecule has 1 aromatic heterocycles. The van der Waals surface area contributed by atoms with E-state index in [1.54, 1.807) is 19.4 Å². The largest absolute Gasteiger partial charge is 0.356 e. The first kappa shape index (κ1) is 21.6. The van der Waals surface area contributed by atoms with Crippen LogP contribution in [0.5, 0.6) is 0 Å². The third-order valence-electron chi connectivity index (χ3n) is 3.80. The summed E-state index contributed by atoms with van der Waals surface area (Å²) >= 11 is 6.18. The zero-order valence-corrected chi connectivity index (χ0v) is 17.8. The highest BCUT2D eigenvalue weighted by Crippen LogP contribution is 2.29. The van der Waals surface area contributed by atoms with Crippen molar-refractivity contribution in [3.63, 3.8) is 0 Å². The van der Waals surface area contributed by atoms with Gasteiger partial charge in [-0.1, -0.05) is 31.5 Å². The van der Waals surface area contributed by atoms with Gasteiger partial charge < -0.3 is 15.2 Å². The number of halogens is 3. The molecule has 0 amide bonds. The number of benzene rings is 1. The highest BCUT2D eigenvalue weighted by molar-refractivity contribution is 14.0. The Morgan fingerprint density at radius 2 is 2.08 bits per heavy atom. The number of rotatable bonds is 5. The molecule has 2 rings (SSSR count). The third kappa shape index (κ3) is 5.81. The topological polar surface area (TPSA) is 67.1 Å². The minimum atomic E-state index is -0.339. The van der Waals surface area contributed by atoms with Gasteiger partial charge >= 0.3 is 0 Å². The van der Waals surface area contributed by atoms with Crippen molar-refractivity contribution in [2.75, 3.05) is 13.6 Å². The van der Waals surface area contributed by atoms with Crippen molar-refractivity contribution in [2.24, 2.45) is 12.0 Å². The highest BCUT2D eigenvalue weighted by atomic mass is 127. The van der Waals surface area contributed by atoms with Gasteiger partial charge in [0.2, 0.25) is 0 Å². The van der Waals surface area contributed by atoms with Crippen molar-refractivity contribution in [2.45, 2.75) is 25.8 Å². The maximum absolute atomic E-state index is 13.2. The summed E-state index contributed by atoms with van der Waals surface area (Å²) in [6.07, 6.45) is 1.65. The summed E-state index contributed by atoms with van der Waals surface area (Å²) in [6, 6.07) is 4.47. The molecule has 9 heteroatoms. The molecular weight excluding hydrogens is 458 g/mol. The van der Waals surface area contributed by atoms with Crippen molar-refractivity contribution in [3.8, 4) is 0 Å². The van der Waals surface area contributed by atoms with Crippen LogP contribution in [0.25, 0.3) is 0 Å². The van der Waals surface area contributed by atoms with Crippen molar-refractivity contribution in [1.29, 1.82) is 0 Å². The fraction of sp³-hybridized carbons (Fsp3) is 0.438. The van der Waals surface area contributed by atoms with Crippen molar-refractivity contribution in [1.82, 2.24) is 25.4 Å². The molecular formula is C16H23ClFIN6. The molecule has 138 valence electrons. The average Bonchev–Trinajstić information content (AvgIpc) is 2.92. The van der Waals surface area contributed by atoms with Gasteiger partial charge in [0, 0.05) is 31.1 Å². The maximum atomic E-state index is 13.2. The highest BCUT2D eigenvalue weighted by Gasteiger charge is 2.24. The molecule has 0 aliphatic heterocycles. The Morgan fingerprint density at radius 3 is 2.64 bits per heavy atom. The van der Waals surface area contributed by atoms with Crippen LogP contribution in [0.4, 0.5) is 4.39 Å². The van der Waals surface area contributed by atoms with Crippen LogP contribution in [0.3, 0.4) is 0 Å². The summed E-state index contributed by atoms with van der Waals surface area (Å²) in [5, 5.41) is 14.7. The molecule has 0 atom stereocenters. The van der Waals surface area contributed by atoms with E-state index in [-0.39, 0.29) is 35.2 Å². The molecule has 2 aromatic rings. The van der Waals surface area contributed by atoms with Crippen molar-refractivity contribution in [3.05, 3.63) is 46.8 Å². The molecule has 1 aromatic carbocycles. The van der Waals surface area contributed by atoms with Gasteiger partial charge in [-0.2, -0.15) is 0 Å². The van der Waals surface area contributed by atoms with E-state index < -0.39 is 0 Å². The molecule has 0 saturated carbocycles. The Hall–Kier alpha value is -1.42. The Kier molecular flexibility index (Phi) is 8.07. The first-order valence-electron chi connectivity index (χ1n) is 7.56. The van der Waals surface area contributed by atoms with E-state index in [0.717, 1.165) is 11.4 Å². The van der Waals surface area contributed by atoms with Crippen LogP contribution >= 0.6 is 35.6 Å². The van der Waals surface area contributed by atoms with E-state index in [1.807, 2.05) is 25.5 Å². The number of aromatic nitrogens is 3. The van der Waals surface area contributed by atoms with Crippen LogP contribution in [-0.4, -0.2) is 34.3 Å². The lowest BCUT2D eigenvalue weighted by Crippen LogP contribution is -2.43. The maximum Gasteiger partial charge on any atom is 0.191 e. The van der Waals surface area contributed by atoms with Gasteiger partial charge in [0.15, 0.2) is 11.8 Å². The Balaban J connectivity index is 0.00000312. The number of guanidine groups is 1. The van der Waals surface area contributed by atoms with Gasteiger partial charge in [-0.15, -0.1) is 34.2 Å². The second kappa shape index (κ2) is 9.33. The Labute approximate surface area is 169 Å². The molecule has 6 nitrogen and oxygen atoms in total. The standard InChI is InChI=1S/C16H22ClFN6.HI/c1-16(2,12-6-5-11(18)7-13(12)17)9-21-15(19-3)20-8-14-23-22-10-24(14)4;/h5-7,10H,8-9H2,1-4H3,(H2,19,20,21);1H. The Morgan fingerprint density at radius 1 is 1.36 bits per heavy atom. The van der Waals surface area contributed by atoms with Crippen LogP contribution in [0.2, 0.25) is 5.02 Å². The fourth-order valence-electron chi connectivity index (χ4n) is 2.29. The second-order valence-corrected chi connectivity index (χ2v) is 6.55. The van der Waals surface area contributed by atoms with E-state index >= 15 is 0 Å². The van der Waals surface area contributed by atoms with E-state index in [4.69, 9.17) is 11.6 Å². The number of aryl methyl sites for hydroxylation is 1. The number of aliphatic imine (C=N–C) groups is 1. The lowest BCUT2D eigenvalue weighted by atomic mass is 9.84. The van der Waals surface area contributed by atoms with Gasteiger partial charge in [0.05, 0.1) is 6.54 Å². The number of nitrogens with one attached hydrogen (secondary N) is 2. The predicted molar refractivity (Wildman–Crippen MR) is 109 cm³/mol. The molecule has 0 bridgehead atoms. The van der Waals surface area contributed by atoms with Crippen LogP contribution in [0.1, 0.15) is 25.2 Å². The smallest absolute Gasteiger partial charge is 0.191 e. The first-order chi connectivity index (χ1) is 11.3. The average molecular weight is 481 g/mol. The molecule has 0 aliphatic carbocycles. The molecule has 0 aliphatic rings. The van der Waals surface area contributed by atoms with Crippen LogP contribution < -0.4 is 10.6 Å². The summed E-state index contributed by atoms with van der Waals surface area (Å²) in [4.78, 5) is 4.19. The predicted octanol–water partition coefficient (Wildman–Crippen LogP) is 2.87. The van der Waals surface area contributed by atoms with E-state index in [2.05, 4.69) is 25.8 Å². The summed E-state index contributed by atoms with van der Waals surface area (Å²) in [6.45, 7) is 5.16. The minimum absolute atomic E-state index is 0. The molecule has 0 spiro atoms. The minimum Gasteiger partial charge on any atom is -0.356 e. The van der Waals surface area contributed by atoms with Gasteiger partial charge in [-0.25, -0.2) is 4.39 Å². The van der Waals surface area contributed by atoms with E-state index in [9.17, 15) is 4.39 Å². The van der Waals surface area contributed by atoms with Gasteiger partial charge in [0.25, 0.3) is 0 Å². The van der Waals surface area contributed by atoms with Gasteiger partial charge in [-0.05, 0) is 17.7 Å². The normalized spacial score (nSPS) is 11.8. The lowest BCUT2D eigenvalue weighted by molar-refractivity contribution is 0.506. The van der Waals surface area contributed by atoms with Crippen LogP contribution in [0.15, 0.2) is 29.5 Å². The quantitative estimate of drug-likeness (QED) is 0.392. The SMILES string of the molecule is CN=C(NCc1nncn1C)NCC(C)(C)c1ccc(F)cc1Cl.I. The molecule has 0 fully saturated rings. The van der Waals surface area contributed by atoms with Crippen molar-refractivity contribution < 1.29 is 4.39 Å². The summed E-state index contributed by atoms with van der Waals surface area (Å²) in [5.41, 5.74) is 0.578. The summed E-state index contributed by atoms with van der Waals surface area (Å²) < 4.78 is 15.1. The molecule has 0 radical (unpaired) electrons. The molecule has 0 unspecified atom stereocenters. The van der Waals surface area contributed by atoms with Crippen LogP contribution in [0, 0.1) is 5.82 Å². The van der Waals surface area contributed by atoms with E-state index in [1.165, 1.54) is 12.1 Å². The zero-order valence-electron chi connectivity index (χ0n) is 14.7.